The van der Waals surface area contributed by atoms with Gasteiger partial charge in [0.25, 0.3) is 0 Å². The first-order chi connectivity index (χ1) is 9.87. The SMILES string of the molecule is Nc1cc(Br)cc(Br)c1S(=O)(=O)NC1CN2CCC1CC2. The number of benzene rings is 1. The summed E-state index contributed by atoms with van der Waals surface area (Å²) >= 11 is 6.61. The molecular formula is C13H17Br2N3O2S. The van der Waals surface area contributed by atoms with Crippen molar-refractivity contribution >= 4 is 47.6 Å². The van der Waals surface area contributed by atoms with Crippen molar-refractivity contribution in [3.05, 3.63) is 21.1 Å². The van der Waals surface area contributed by atoms with Crippen molar-refractivity contribution in [1.82, 2.24) is 9.62 Å². The second kappa shape index (κ2) is 5.81. The van der Waals surface area contributed by atoms with Crippen molar-refractivity contribution in [2.75, 3.05) is 25.4 Å². The summed E-state index contributed by atoms with van der Waals surface area (Å²) in [4.78, 5) is 2.44. The van der Waals surface area contributed by atoms with Gasteiger partial charge in [0.1, 0.15) is 4.90 Å². The lowest BCUT2D eigenvalue weighted by Gasteiger charge is -2.44. The normalized spacial score (nSPS) is 28.8. The highest BCUT2D eigenvalue weighted by Crippen LogP contribution is 2.33. The minimum Gasteiger partial charge on any atom is -0.398 e. The molecule has 0 radical (unpaired) electrons. The fourth-order valence-electron chi connectivity index (χ4n) is 3.22. The van der Waals surface area contributed by atoms with Crippen LogP contribution in [0.25, 0.3) is 0 Å². The summed E-state index contributed by atoms with van der Waals surface area (Å²) in [6.45, 7) is 2.94. The molecule has 3 aliphatic rings. The molecule has 1 unspecified atom stereocenters. The minimum atomic E-state index is -3.63. The molecule has 4 rings (SSSR count). The lowest BCUT2D eigenvalue weighted by molar-refractivity contribution is 0.0827. The molecule has 0 aromatic heterocycles. The number of nitrogen functional groups attached to an aromatic ring is 1. The van der Waals surface area contributed by atoms with E-state index >= 15 is 0 Å². The van der Waals surface area contributed by atoms with Crippen LogP contribution in [0.2, 0.25) is 0 Å². The van der Waals surface area contributed by atoms with Crippen LogP contribution in [0.1, 0.15) is 12.8 Å². The van der Waals surface area contributed by atoms with Crippen LogP contribution >= 0.6 is 31.9 Å². The van der Waals surface area contributed by atoms with Crippen LogP contribution in [0.5, 0.6) is 0 Å². The first kappa shape index (κ1) is 15.7. The van der Waals surface area contributed by atoms with Crippen LogP contribution in [0.3, 0.4) is 0 Å². The lowest BCUT2D eigenvalue weighted by Crippen LogP contribution is -2.57. The molecule has 3 N–H and O–H groups in total. The van der Waals surface area contributed by atoms with Crippen molar-refractivity contribution in [2.45, 2.75) is 23.8 Å². The minimum absolute atomic E-state index is 0.0209. The van der Waals surface area contributed by atoms with Crippen LogP contribution < -0.4 is 10.5 Å². The molecule has 0 spiro atoms. The van der Waals surface area contributed by atoms with Crippen molar-refractivity contribution < 1.29 is 8.42 Å². The van der Waals surface area contributed by atoms with Gasteiger partial charge in [0.2, 0.25) is 10.0 Å². The zero-order valence-corrected chi connectivity index (χ0v) is 15.3. The maximum atomic E-state index is 12.7. The molecule has 2 bridgehead atoms. The topological polar surface area (TPSA) is 75.4 Å². The fraction of sp³-hybridized carbons (Fsp3) is 0.538. The molecule has 1 atom stereocenters. The monoisotopic (exact) mass is 437 g/mol. The van der Waals surface area contributed by atoms with E-state index in [1.807, 2.05) is 0 Å². The molecule has 3 fully saturated rings. The van der Waals surface area contributed by atoms with Gasteiger partial charge in [0.05, 0.1) is 5.69 Å². The summed E-state index contributed by atoms with van der Waals surface area (Å²) in [5, 5.41) is 0. The smallest absolute Gasteiger partial charge is 0.244 e. The van der Waals surface area contributed by atoms with Gasteiger partial charge in [0.15, 0.2) is 0 Å². The molecule has 1 aromatic rings. The van der Waals surface area contributed by atoms with Crippen molar-refractivity contribution in [3.63, 3.8) is 0 Å². The van der Waals surface area contributed by atoms with Gasteiger partial charge in [-0.1, -0.05) is 15.9 Å². The molecule has 0 aliphatic carbocycles. The standard InChI is InChI=1S/C13H17Br2N3O2S/c14-9-5-10(15)13(11(16)6-9)21(19,20)17-12-7-18-3-1-8(12)2-4-18/h5-6,8,12,17H,1-4,7,16H2. The van der Waals surface area contributed by atoms with E-state index in [4.69, 9.17) is 5.73 Å². The third-order valence-electron chi connectivity index (χ3n) is 4.27. The van der Waals surface area contributed by atoms with Gasteiger partial charge in [-0.3, -0.25) is 0 Å². The molecule has 1 aromatic carbocycles. The van der Waals surface area contributed by atoms with Gasteiger partial charge in [0, 0.05) is 21.5 Å². The average molecular weight is 439 g/mol. The summed E-state index contributed by atoms with van der Waals surface area (Å²) in [6, 6.07) is 3.28. The third-order valence-corrected chi connectivity index (χ3v) is 7.22. The van der Waals surface area contributed by atoms with Crippen LogP contribution in [-0.2, 0) is 10.0 Å². The van der Waals surface area contributed by atoms with Gasteiger partial charge >= 0.3 is 0 Å². The van der Waals surface area contributed by atoms with Gasteiger partial charge < -0.3 is 10.6 Å². The number of hydrogen-bond acceptors (Lipinski definition) is 4. The number of fused-ring (bicyclic) bond motifs is 3. The summed E-state index contributed by atoms with van der Waals surface area (Å²) in [6.07, 6.45) is 2.12. The number of anilines is 1. The predicted octanol–water partition coefficient (Wildman–Crippen LogP) is 2.17. The summed E-state index contributed by atoms with van der Waals surface area (Å²) in [5.41, 5.74) is 6.14. The summed E-state index contributed by atoms with van der Waals surface area (Å²) < 4.78 is 29.4. The molecule has 5 nitrogen and oxygen atoms in total. The first-order valence-corrected chi connectivity index (χ1v) is 9.93. The van der Waals surface area contributed by atoms with E-state index in [2.05, 4.69) is 41.5 Å². The van der Waals surface area contributed by atoms with Crippen LogP contribution in [0.15, 0.2) is 26.0 Å². The Bertz CT molecular complexity index is 634. The molecule has 21 heavy (non-hydrogen) atoms. The maximum Gasteiger partial charge on any atom is 0.244 e. The molecule has 3 aliphatic heterocycles. The van der Waals surface area contributed by atoms with Crippen molar-refractivity contribution in [3.8, 4) is 0 Å². The fourth-order valence-corrected chi connectivity index (χ4v) is 6.59. The number of nitrogens with two attached hydrogens (primary N) is 1. The third kappa shape index (κ3) is 3.14. The van der Waals surface area contributed by atoms with E-state index in [0.717, 1.165) is 36.9 Å². The summed E-state index contributed by atoms with van der Waals surface area (Å²) in [7, 11) is -3.63. The number of sulfonamides is 1. The van der Waals surface area contributed by atoms with Crippen LogP contribution in [0.4, 0.5) is 5.69 Å². The van der Waals surface area contributed by atoms with E-state index in [1.165, 1.54) is 0 Å². The van der Waals surface area contributed by atoms with E-state index < -0.39 is 10.0 Å². The molecule has 8 heteroatoms. The Labute approximate surface area is 141 Å². The Morgan fingerprint density at radius 3 is 2.43 bits per heavy atom. The average Bonchev–Trinajstić information content (AvgIpc) is 2.37. The number of nitrogens with one attached hydrogen (secondary N) is 1. The zero-order chi connectivity index (χ0) is 15.2. The highest BCUT2D eigenvalue weighted by molar-refractivity contribution is 9.11. The Balaban J connectivity index is 1.88. The lowest BCUT2D eigenvalue weighted by atomic mass is 9.85. The second-order valence-corrected chi connectivity index (χ2v) is 9.09. The van der Waals surface area contributed by atoms with E-state index in [1.54, 1.807) is 12.1 Å². The Morgan fingerprint density at radius 1 is 1.24 bits per heavy atom. The Morgan fingerprint density at radius 2 is 1.90 bits per heavy atom. The van der Waals surface area contributed by atoms with Gasteiger partial charge in [-0.05, 0) is 59.9 Å². The summed E-state index contributed by atoms with van der Waals surface area (Å²) in [5.74, 6) is 0.431. The molecule has 116 valence electrons. The maximum absolute atomic E-state index is 12.7. The van der Waals surface area contributed by atoms with E-state index in [9.17, 15) is 8.42 Å². The highest BCUT2D eigenvalue weighted by Gasteiger charge is 2.37. The Hall–Kier alpha value is -0.150. The first-order valence-electron chi connectivity index (χ1n) is 6.86. The van der Waals surface area contributed by atoms with Crippen molar-refractivity contribution in [1.29, 1.82) is 0 Å². The highest BCUT2D eigenvalue weighted by atomic mass is 79.9. The van der Waals surface area contributed by atoms with Crippen LogP contribution in [0, 0.1) is 5.92 Å². The molecule has 0 saturated carbocycles. The molecular weight excluding hydrogens is 422 g/mol. The second-order valence-electron chi connectivity index (χ2n) is 5.67. The zero-order valence-electron chi connectivity index (χ0n) is 11.4. The molecule has 3 heterocycles. The molecule has 3 saturated heterocycles. The number of rotatable bonds is 3. The van der Waals surface area contributed by atoms with Gasteiger partial charge in [-0.25, -0.2) is 13.1 Å². The van der Waals surface area contributed by atoms with Crippen molar-refractivity contribution in [2.24, 2.45) is 5.92 Å². The number of halogens is 2. The van der Waals surface area contributed by atoms with Crippen LogP contribution in [-0.4, -0.2) is 39.0 Å². The van der Waals surface area contributed by atoms with Gasteiger partial charge in [-0.15, -0.1) is 0 Å². The number of hydrogen-bond donors (Lipinski definition) is 2. The number of nitrogens with zero attached hydrogens (tertiary/aromatic N) is 1. The number of piperidine rings is 3. The van der Waals surface area contributed by atoms with E-state index in [-0.39, 0.29) is 16.6 Å². The molecule has 0 amide bonds. The predicted molar refractivity (Wildman–Crippen MR) is 89.5 cm³/mol. The van der Waals surface area contributed by atoms with E-state index in [0.29, 0.717) is 10.4 Å². The largest absolute Gasteiger partial charge is 0.398 e. The quantitative estimate of drug-likeness (QED) is 0.709. The Kier molecular flexibility index (Phi) is 4.35. The van der Waals surface area contributed by atoms with Gasteiger partial charge in [-0.2, -0.15) is 0 Å².